The third kappa shape index (κ3) is 8.29. The lowest BCUT2D eigenvalue weighted by molar-refractivity contribution is -0.692. The van der Waals surface area contributed by atoms with E-state index in [1.807, 2.05) is 36.4 Å². The fraction of sp³-hybridized carbons (Fsp3) is 0.256. The van der Waals surface area contributed by atoms with Gasteiger partial charge in [-0.15, -0.1) is 0 Å². The number of aromatic nitrogens is 1. The van der Waals surface area contributed by atoms with Crippen LogP contribution in [0.2, 0.25) is 0 Å². The van der Waals surface area contributed by atoms with Crippen LogP contribution in [-0.2, 0) is 22.7 Å². The molecule has 5 aromatic rings. The fourth-order valence-electron chi connectivity index (χ4n) is 5.84. The summed E-state index contributed by atoms with van der Waals surface area (Å²) >= 11 is 0. The number of carbonyl (C=O) groups excluding carboxylic acids is 2. The van der Waals surface area contributed by atoms with Crippen LogP contribution in [-0.4, -0.2) is 59.0 Å². The van der Waals surface area contributed by atoms with Gasteiger partial charge in [0, 0.05) is 12.1 Å². The molecule has 0 radical (unpaired) electrons. The van der Waals surface area contributed by atoms with E-state index in [0.29, 0.717) is 45.0 Å². The van der Waals surface area contributed by atoms with Crippen molar-refractivity contribution in [2.45, 2.75) is 26.0 Å². The number of rotatable bonds is 15. The summed E-state index contributed by atoms with van der Waals surface area (Å²) in [6.45, 7) is 1.91. The van der Waals surface area contributed by atoms with Gasteiger partial charge in [0.25, 0.3) is 0 Å². The molecule has 51 heavy (non-hydrogen) atoms. The quantitative estimate of drug-likeness (QED) is 0.0969. The molecular weight excluding hydrogens is 722 g/mol. The van der Waals surface area contributed by atoms with Gasteiger partial charge in [-0.3, -0.25) is 4.79 Å². The SMILES string of the molecule is CCOC(=O)C[n+]1ccc2cc(OC)c(OC)cc2c1C(C(=O)c1cc(OC)c(OCc2ccccc2)cc1O)c1ccc(OC)c(OC)c1.[Br-]. The summed E-state index contributed by atoms with van der Waals surface area (Å²) < 4.78 is 41.0. The van der Waals surface area contributed by atoms with E-state index in [1.165, 1.54) is 47.7 Å². The van der Waals surface area contributed by atoms with Crippen LogP contribution in [0.25, 0.3) is 10.8 Å². The van der Waals surface area contributed by atoms with Crippen molar-refractivity contribution in [2.24, 2.45) is 0 Å². The van der Waals surface area contributed by atoms with Gasteiger partial charge in [0.2, 0.25) is 12.2 Å². The Morgan fingerprint density at radius 1 is 0.725 bits per heavy atom. The van der Waals surface area contributed by atoms with E-state index in [9.17, 15) is 9.90 Å². The van der Waals surface area contributed by atoms with E-state index in [1.54, 1.807) is 48.0 Å². The normalized spacial score (nSPS) is 11.2. The molecule has 11 nitrogen and oxygen atoms in total. The number of ketones is 1. The number of nitrogens with zero attached hydrogens (tertiary/aromatic N) is 1. The number of halogens is 1. The van der Waals surface area contributed by atoms with Crippen molar-refractivity contribution in [1.82, 2.24) is 0 Å². The first-order valence-electron chi connectivity index (χ1n) is 15.8. The zero-order chi connectivity index (χ0) is 35.8. The number of ether oxygens (including phenoxy) is 7. The Kier molecular flexibility index (Phi) is 13.1. The Bertz CT molecular complexity index is 2000. The van der Waals surface area contributed by atoms with Crippen LogP contribution in [0.5, 0.6) is 40.2 Å². The molecule has 5 rings (SSSR count). The van der Waals surface area contributed by atoms with Crippen LogP contribution in [0.1, 0.15) is 40.0 Å². The summed E-state index contributed by atoms with van der Waals surface area (Å²) in [6.07, 6.45) is 1.71. The first kappa shape index (κ1) is 38.3. The number of benzene rings is 4. The number of Topliss-reactive ketones (excluding diaryl/α,β-unsaturated/α-hetero) is 1. The van der Waals surface area contributed by atoms with Crippen molar-refractivity contribution in [3.8, 4) is 40.2 Å². The van der Waals surface area contributed by atoms with Crippen molar-refractivity contribution in [3.05, 3.63) is 107 Å². The lowest BCUT2D eigenvalue weighted by Crippen LogP contribution is -3.00. The summed E-state index contributed by atoms with van der Waals surface area (Å²) in [4.78, 5) is 28.0. The number of phenols is 1. The molecule has 0 fully saturated rings. The predicted octanol–water partition coefficient (Wildman–Crippen LogP) is 3.04. The maximum atomic E-state index is 15.1. The molecule has 12 heteroatoms. The van der Waals surface area contributed by atoms with E-state index < -0.39 is 17.7 Å². The van der Waals surface area contributed by atoms with Gasteiger partial charge in [-0.25, -0.2) is 4.79 Å². The zero-order valence-corrected chi connectivity index (χ0v) is 30.8. The smallest absolute Gasteiger partial charge is 0.372 e. The van der Waals surface area contributed by atoms with Crippen LogP contribution in [0.4, 0.5) is 0 Å². The molecule has 1 N–H and O–H groups in total. The molecule has 1 unspecified atom stereocenters. The number of carbonyl (C=O) groups is 2. The predicted molar refractivity (Wildman–Crippen MR) is 185 cm³/mol. The minimum Gasteiger partial charge on any atom is -1.00 e. The van der Waals surface area contributed by atoms with E-state index >= 15 is 4.79 Å². The molecule has 268 valence electrons. The summed E-state index contributed by atoms with van der Waals surface area (Å²) in [7, 11) is 7.53. The summed E-state index contributed by atoms with van der Waals surface area (Å²) in [5.41, 5.74) is 1.80. The van der Waals surface area contributed by atoms with Crippen molar-refractivity contribution in [2.75, 3.05) is 42.2 Å². The third-order valence-corrected chi connectivity index (χ3v) is 8.24. The van der Waals surface area contributed by atoms with Gasteiger partial charge in [0.1, 0.15) is 18.3 Å². The molecule has 1 heterocycles. The van der Waals surface area contributed by atoms with Crippen molar-refractivity contribution in [3.63, 3.8) is 0 Å². The van der Waals surface area contributed by atoms with Gasteiger partial charge < -0.3 is 55.2 Å². The highest BCUT2D eigenvalue weighted by Crippen LogP contribution is 2.42. The highest BCUT2D eigenvalue weighted by molar-refractivity contribution is 6.07. The van der Waals surface area contributed by atoms with Gasteiger partial charge in [0.05, 0.1) is 53.1 Å². The lowest BCUT2D eigenvalue weighted by Gasteiger charge is -2.21. The van der Waals surface area contributed by atoms with Crippen LogP contribution < -0.4 is 50.0 Å². The Balaban J connectivity index is 0.00000583. The average molecular weight is 763 g/mol. The second kappa shape index (κ2) is 17.4. The Labute approximate surface area is 307 Å². The van der Waals surface area contributed by atoms with Gasteiger partial charge in [-0.1, -0.05) is 36.4 Å². The van der Waals surface area contributed by atoms with E-state index in [0.717, 1.165) is 5.56 Å². The number of methoxy groups -OCH3 is 5. The number of hydrogen-bond donors (Lipinski definition) is 1. The molecular formula is C39H40BrNO10. The van der Waals surface area contributed by atoms with E-state index in [-0.39, 0.29) is 59.6 Å². The summed E-state index contributed by atoms with van der Waals surface area (Å²) in [6, 6.07) is 22.9. The molecule has 0 spiro atoms. The van der Waals surface area contributed by atoms with Crippen molar-refractivity contribution < 1.29 is 69.4 Å². The van der Waals surface area contributed by atoms with Crippen LogP contribution in [0.15, 0.2) is 85.1 Å². The minimum absolute atomic E-state index is 0. The Morgan fingerprint density at radius 3 is 2.00 bits per heavy atom. The molecule has 1 atom stereocenters. The largest absolute Gasteiger partial charge is 1.00 e. The number of phenolic OH excluding ortho intramolecular Hbond substituents is 1. The fourth-order valence-corrected chi connectivity index (χ4v) is 5.84. The highest BCUT2D eigenvalue weighted by Gasteiger charge is 2.37. The Morgan fingerprint density at radius 2 is 1.35 bits per heavy atom. The third-order valence-electron chi connectivity index (χ3n) is 8.24. The van der Waals surface area contributed by atoms with E-state index in [4.69, 9.17) is 33.2 Å². The summed E-state index contributed by atoms with van der Waals surface area (Å²) in [5, 5.41) is 12.7. The molecule has 0 aliphatic carbocycles. The second-order valence-corrected chi connectivity index (χ2v) is 11.1. The van der Waals surface area contributed by atoms with Gasteiger partial charge >= 0.3 is 5.97 Å². The topological polar surface area (TPSA) is 123 Å². The molecule has 1 aromatic heterocycles. The molecule has 0 saturated carbocycles. The minimum atomic E-state index is -1.11. The van der Waals surface area contributed by atoms with Gasteiger partial charge in [-0.2, -0.15) is 4.57 Å². The molecule has 0 aliphatic heterocycles. The maximum absolute atomic E-state index is 15.1. The maximum Gasteiger partial charge on any atom is 0.372 e. The average Bonchev–Trinajstić information content (AvgIpc) is 3.14. The summed E-state index contributed by atoms with van der Waals surface area (Å²) in [5.74, 6) is -0.192. The molecule has 4 aromatic carbocycles. The molecule has 0 aliphatic rings. The number of hydrogen-bond acceptors (Lipinski definition) is 10. The number of aromatic hydroxyl groups is 1. The van der Waals surface area contributed by atoms with Crippen molar-refractivity contribution in [1.29, 1.82) is 0 Å². The number of fused-ring (bicyclic) bond motifs is 1. The Hall–Kier alpha value is -5.49. The second-order valence-electron chi connectivity index (χ2n) is 11.1. The van der Waals surface area contributed by atoms with E-state index in [2.05, 4.69) is 0 Å². The monoisotopic (exact) mass is 761 g/mol. The molecule has 0 amide bonds. The molecule has 0 saturated heterocycles. The van der Waals surface area contributed by atoms with Gasteiger partial charge in [-0.05, 0) is 53.8 Å². The first-order valence-corrected chi connectivity index (χ1v) is 15.8. The van der Waals surface area contributed by atoms with Gasteiger partial charge in [0.15, 0.2) is 46.5 Å². The zero-order valence-electron chi connectivity index (χ0n) is 29.2. The number of pyridine rings is 1. The first-order chi connectivity index (χ1) is 24.3. The highest BCUT2D eigenvalue weighted by atomic mass is 79.9. The van der Waals surface area contributed by atoms with Crippen LogP contribution in [0, 0.1) is 0 Å². The van der Waals surface area contributed by atoms with Crippen molar-refractivity contribution >= 4 is 22.5 Å². The molecule has 0 bridgehead atoms. The number of esters is 1. The lowest BCUT2D eigenvalue weighted by atomic mass is 9.84. The van der Waals surface area contributed by atoms with Crippen LogP contribution >= 0.6 is 0 Å². The standard InChI is InChI=1S/C39H39NO10.BrH/c1-7-49-36(42)22-40-16-15-25-17-32(46-4)33(47-5)19-27(25)38(40)37(26-13-14-30(44-2)31(18-26)45-3)39(43)28-20-34(48-6)35(21-29(28)41)50-23-24-11-9-8-10-12-24;/h8-21,37H,7,22-23H2,1-6H3;1H. The van der Waals surface area contributed by atoms with Crippen LogP contribution in [0.3, 0.4) is 0 Å².